The molecule has 5 nitrogen and oxygen atoms in total. The maximum Gasteiger partial charge on any atom is 0.291 e. The molecule has 2 amide bonds. The lowest BCUT2D eigenvalue weighted by Gasteiger charge is -2.33. The van der Waals surface area contributed by atoms with Crippen LogP contribution in [-0.4, -0.2) is 29.3 Å². The molecule has 0 atom stereocenters. The quantitative estimate of drug-likeness (QED) is 0.881. The van der Waals surface area contributed by atoms with Gasteiger partial charge in [-0.25, -0.2) is 0 Å². The van der Waals surface area contributed by atoms with E-state index in [1.54, 1.807) is 36.4 Å². The third-order valence-corrected chi connectivity index (χ3v) is 4.75. The van der Waals surface area contributed by atoms with E-state index in [1.807, 2.05) is 11.8 Å². The normalized spacial score (nSPS) is 14.9. The first-order valence-electron chi connectivity index (χ1n) is 8.95. The molecule has 1 fully saturated rings. The van der Waals surface area contributed by atoms with Crippen molar-refractivity contribution in [2.24, 2.45) is 0 Å². The van der Waals surface area contributed by atoms with E-state index in [2.05, 4.69) is 5.32 Å². The van der Waals surface area contributed by atoms with Crippen molar-refractivity contribution in [3.8, 4) is 0 Å². The molecule has 5 heteroatoms. The van der Waals surface area contributed by atoms with Crippen LogP contribution >= 0.6 is 0 Å². The smallest absolute Gasteiger partial charge is 0.291 e. The summed E-state index contributed by atoms with van der Waals surface area (Å²) in [5.74, 6) is 0.0226. The van der Waals surface area contributed by atoms with Crippen molar-refractivity contribution >= 4 is 17.5 Å². The van der Waals surface area contributed by atoms with E-state index in [1.165, 1.54) is 25.5 Å². The Balaban J connectivity index is 1.66. The number of hydrogen-bond donors (Lipinski definition) is 1. The number of hydrogen-bond acceptors (Lipinski definition) is 3. The first kappa shape index (κ1) is 17.3. The van der Waals surface area contributed by atoms with Gasteiger partial charge in [-0.2, -0.15) is 0 Å². The Bertz CT molecular complexity index is 701. The number of carbonyl (C=O) groups is 2. The SMILES string of the molecule is CCN(C(=O)c1ccc(NC(=O)c2ccco2)cc1)C1CCCCC1. The van der Waals surface area contributed by atoms with Crippen LogP contribution < -0.4 is 5.32 Å². The highest BCUT2D eigenvalue weighted by atomic mass is 16.3. The topological polar surface area (TPSA) is 62.6 Å². The van der Waals surface area contributed by atoms with Crippen molar-refractivity contribution in [1.82, 2.24) is 4.90 Å². The number of furan rings is 1. The van der Waals surface area contributed by atoms with Crippen LogP contribution in [0.3, 0.4) is 0 Å². The number of rotatable bonds is 5. The second-order valence-electron chi connectivity index (χ2n) is 6.39. The number of nitrogens with zero attached hydrogens (tertiary/aromatic N) is 1. The zero-order chi connectivity index (χ0) is 17.6. The first-order valence-corrected chi connectivity index (χ1v) is 8.95. The minimum absolute atomic E-state index is 0.0679. The maximum atomic E-state index is 12.8. The molecular formula is C20H24N2O3. The van der Waals surface area contributed by atoms with Gasteiger partial charge in [-0.3, -0.25) is 9.59 Å². The van der Waals surface area contributed by atoms with Gasteiger partial charge in [-0.15, -0.1) is 0 Å². The highest BCUT2D eigenvalue weighted by Gasteiger charge is 2.24. The molecule has 1 aromatic heterocycles. The van der Waals surface area contributed by atoms with Gasteiger partial charge < -0.3 is 14.6 Å². The molecule has 1 saturated carbocycles. The van der Waals surface area contributed by atoms with Gasteiger partial charge in [-0.05, 0) is 56.2 Å². The second-order valence-corrected chi connectivity index (χ2v) is 6.39. The Morgan fingerprint density at radius 1 is 1.12 bits per heavy atom. The predicted octanol–water partition coefficient (Wildman–Crippen LogP) is 4.33. The number of carbonyl (C=O) groups excluding carboxylic acids is 2. The average Bonchev–Trinajstić information content (AvgIpc) is 3.19. The van der Waals surface area contributed by atoms with Crippen molar-refractivity contribution in [3.63, 3.8) is 0 Å². The van der Waals surface area contributed by atoms with Gasteiger partial charge in [-0.1, -0.05) is 19.3 Å². The molecule has 1 aliphatic carbocycles. The fraction of sp³-hybridized carbons (Fsp3) is 0.400. The summed E-state index contributed by atoms with van der Waals surface area (Å²) < 4.78 is 5.07. The van der Waals surface area contributed by atoms with E-state index in [9.17, 15) is 9.59 Å². The molecule has 0 spiro atoms. The van der Waals surface area contributed by atoms with Crippen molar-refractivity contribution in [2.45, 2.75) is 45.1 Å². The van der Waals surface area contributed by atoms with Gasteiger partial charge in [0.25, 0.3) is 11.8 Å². The fourth-order valence-electron chi connectivity index (χ4n) is 3.42. The first-order chi connectivity index (χ1) is 12.2. The minimum atomic E-state index is -0.304. The Hall–Kier alpha value is -2.56. The largest absolute Gasteiger partial charge is 0.459 e. The van der Waals surface area contributed by atoms with Crippen LogP contribution in [-0.2, 0) is 0 Å². The van der Waals surface area contributed by atoms with Crippen molar-refractivity contribution in [2.75, 3.05) is 11.9 Å². The molecule has 0 radical (unpaired) electrons. The Kier molecular flexibility index (Phi) is 5.53. The lowest BCUT2D eigenvalue weighted by atomic mass is 9.93. The molecule has 0 saturated heterocycles. The summed E-state index contributed by atoms with van der Waals surface area (Å²) >= 11 is 0. The molecule has 0 bridgehead atoms. The molecule has 132 valence electrons. The standard InChI is InChI=1S/C20H24N2O3/c1-2-22(17-7-4-3-5-8-17)20(24)15-10-12-16(13-11-15)21-19(23)18-9-6-14-25-18/h6,9-14,17H,2-5,7-8H2,1H3,(H,21,23). The van der Waals surface area contributed by atoms with E-state index >= 15 is 0 Å². The molecule has 3 rings (SSSR count). The lowest BCUT2D eigenvalue weighted by Crippen LogP contribution is -2.41. The number of benzene rings is 1. The van der Waals surface area contributed by atoms with Gasteiger partial charge in [0, 0.05) is 23.8 Å². The monoisotopic (exact) mass is 340 g/mol. The fourth-order valence-corrected chi connectivity index (χ4v) is 3.42. The number of anilines is 1. The summed E-state index contributed by atoms with van der Waals surface area (Å²) in [7, 11) is 0. The molecule has 1 aromatic carbocycles. The van der Waals surface area contributed by atoms with Crippen molar-refractivity contribution < 1.29 is 14.0 Å². The zero-order valence-corrected chi connectivity index (χ0v) is 14.5. The Labute approximate surface area is 148 Å². The van der Waals surface area contributed by atoms with Crippen LogP contribution in [0.2, 0.25) is 0 Å². The minimum Gasteiger partial charge on any atom is -0.459 e. The molecule has 0 aliphatic heterocycles. The summed E-state index contributed by atoms with van der Waals surface area (Å²) in [6.07, 6.45) is 7.32. The van der Waals surface area contributed by atoms with E-state index in [0.717, 1.165) is 19.4 Å². The summed E-state index contributed by atoms with van der Waals surface area (Å²) in [5.41, 5.74) is 1.29. The van der Waals surface area contributed by atoms with Gasteiger partial charge in [0.15, 0.2) is 5.76 Å². The molecular weight excluding hydrogens is 316 g/mol. The van der Waals surface area contributed by atoms with Crippen LogP contribution in [0.5, 0.6) is 0 Å². The third-order valence-electron chi connectivity index (χ3n) is 4.75. The lowest BCUT2D eigenvalue weighted by molar-refractivity contribution is 0.0648. The molecule has 1 aliphatic rings. The van der Waals surface area contributed by atoms with Crippen LogP contribution in [0, 0.1) is 0 Å². The summed E-state index contributed by atoms with van der Waals surface area (Å²) in [6.45, 7) is 2.75. The predicted molar refractivity (Wildman–Crippen MR) is 96.7 cm³/mol. The van der Waals surface area contributed by atoms with E-state index < -0.39 is 0 Å². The van der Waals surface area contributed by atoms with Gasteiger partial charge in [0.2, 0.25) is 0 Å². The molecule has 1 heterocycles. The highest BCUT2D eigenvalue weighted by Crippen LogP contribution is 2.24. The van der Waals surface area contributed by atoms with Gasteiger partial charge in [0.1, 0.15) is 0 Å². The van der Waals surface area contributed by atoms with E-state index in [4.69, 9.17) is 4.42 Å². The van der Waals surface area contributed by atoms with Crippen LogP contribution in [0.1, 0.15) is 59.9 Å². The second kappa shape index (κ2) is 8.01. The van der Waals surface area contributed by atoms with E-state index in [0.29, 0.717) is 17.3 Å². The number of amides is 2. The van der Waals surface area contributed by atoms with Crippen LogP contribution in [0.15, 0.2) is 47.1 Å². The summed E-state index contributed by atoms with van der Waals surface area (Å²) in [6, 6.07) is 10.7. The highest BCUT2D eigenvalue weighted by molar-refractivity contribution is 6.02. The van der Waals surface area contributed by atoms with Crippen molar-refractivity contribution in [1.29, 1.82) is 0 Å². The number of nitrogens with one attached hydrogen (secondary N) is 1. The van der Waals surface area contributed by atoms with Gasteiger partial charge >= 0.3 is 0 Å². The molecule has 25 heavy (non-hydrogen) atoms. The molecule has 1 N–H and O–H groups in total. The molecule has 0 unspecified atom stereocenters. The average molecular weight is 340 g/mol. The van der Waals surface area contributed by atoms with Crippen LogP contribution in [0.4, 0.5) is 5.69 Å². The summed E-state index contributed by atoms with van der Waals surface area (Å²) in [5, 5.41) is 2.76. The van der Waals surface area contributed by atoms with Crippen LogP contribution in [0.25, 0.3) is 0 Å². The van der Waals surface area contributed by atoms with Gasteiger partial charge in [0.05, 0.1) is 6.26 Å². The summed E-state index contributed by atoms with van der Waals surface area (Å²) in [4.78, 5) is 26.8. The molecule has 2 aromatic rings. The Morgan fingerprint density at radius 3 is 2.44 bits per heavy atom. The van der Waals surface area contributed by atoms with E-state index in [-0.39, 0.29) is 17.6 Å². The maximum absolute atomic E-state index is 12.8. The third kappa shape index (κ3) is 4.10. The van der Waals surface area contributed by atoms with Crippen molar-refractivity contribution in [3.05, 3.63) is 54.0 Å². The Morgan fingerprint density at radius 2 is 1.84 bits per heavy atom. The zero-order valence-electron chi connectivity index (χ0n) is 14.5.